The van der Waals surface area contributed by atoms with Gasteiger partial charge in [-0.15, -0.1) is 0 Å². The van der Waals surface area contributed by atoms with Crippen LogP contribution in [0.4, 0.5) is 11.4 Å². The largest absolute Gasteiger partial charge is 0.482 e. The summed E-state index contributed by atoms with van der Waals surface area (Å²) in [6, 6.07) is 13.5. The molecule has 2 amide bonds. The lowest BCUT2D eigenvalue weighted by molar-refractivity contribution is -0.121. The van der Waals surface area contributed by atoms with Crippen molar-refractivity contribution in [2.45, 2.75) is 39.7 Å². The number of carbonyl (C=O) groups excluding carboxylic acids is 2. The van der Waals surface area contributed by atoms with E-state index in [4.69, 9.17) is 4.74 Å². The number of hydrogen-bond acceptors (Lipinski definition) is 3. The van der Waals surface area contributed by atoms with E-state index in [-0.39, 0.29) is 24.5 Å². The maximum atomic E-state index is 12.3. The van der Waals surface area contributed by atoms with E-state index in [0.717, 1.165) is 5.56 Å². The highest BCUT2D eigenvalue weighted by Gasteiger charge is 2.27. The van der Waals surface area contributed by atoms with Crippen molar-refractivity contribution in [3.8, 4) is 5.75 Å². The van der Waals surface area contributed by atoms with Crippen LogP contribution in [0.5, 0.6) is 5.75 Å². The molecular formula is C23H26N2O3. The van der Waals surface area contributed by atoms with Crippen LogP contribution in [0.2, 0.25) is 0 Å². The number of nitrogens with zero attached hydrogens (tertiary/aromatic N) is 1. The summed E-state index contributed by atoms with van der Waals surface area (Å²) in [5.74, 6) is 0.807. The number of fused-ring (bicyclic) bond motifs is 1. The standard InChI is InChI=1S/C23H26N2O3/c1-15(2)18-8-5-17(6-9-18)7-12-22(26)24-19-10-11-21-20(13-19)25(16(3)4)23(27)14-28-21/h5-13,15-16H,14H2,1-4H3,(H,24,26)/b12-7+. The Balaban J connectivity index is 1.71. The predicted molar refractivity (Wildman–Crippen MR) is 113 cm³/mol. The number of nitrogens with one attached hydrogen (secondary N) is 1. The molecule has 0 atom stereocenters. The Hall–Kier alpha value is -3.08. The SMILES string of the molecule is CC(C)c1ccc(/C=C/C(=O)Nc2ccc3c(c2)N(C(C)C)C(=O)CO3)cc1. The minimum atomic E-state index is -0.230. The number of rotatable bonds is 5. The van der Waals surface area contributed by atoms with Crippen molar-refractivity contribution in [3.05, 3.63) is 59.7 Å². The summed E-state index contributed by atoms with van der Waals surface area (Å²) in [7, 11) is 0. The van der Waals surface area contributed by atoms with Gasteiger partial charge in [-0.25, -0.2) is 0 Å². The molecular weight excluding hydrogens is 352 g/mol. The number of anilines is 2. The lowest BCUT2D eigenvalue weighted by Crippen LogP contribution is -2.43. The lowest BCUT2D eigenvalue weighted by Gasteiger charge is -2.32. The second kappa shape index (κ2) is 8.30. The van der Waals surface area contributed by atoms with Gasteiger partial charge in [-0.1, -0.05) is 38.1 Å². The monoisotopic (exact) mass is 378 g/mol. The molecule has 2 aromatic rings. The van der Waals surface area contributed by atoms with E-state index in [1.807, 2.05) is 26.0 Å². The van der Waals surface area contributed by atoms with Gasteiger partial charge in [-0.05, 0) is 55.2 Å². The zero-order chi connectivity index (χ0) is 20.3. The van der Waals surface area contributed by atoms with Gasteiger partial charge < -0.3 is 15.0 Å². The van der Waals surface area contributed by atoms with Crippen LogP contribution in [0.3, 0.4) is 0 Å². The molecule has 0 fully saturated rings. The third-order valence-corrected chi connectivity index (χ3v) is 4.65. The van der Waals surface area contributed by atoms with E-state index in [2.05, 4.69) is 31.3 Å². The van der Waals surface area contributed by atoms with Gasteiger partial charge in [-0.2, -0.15) is 0 Å². The summed E-state index contributed by atoms with van der Waals surface area (Å²) in [5.41, 5.74) is 3.53. The predicted octanol–water partition coefficient (Wildman–Crippen LogP) is 4.60. The highest BCUT2D eigenvalue weighted by atomic mass is 16.5. The Morgan fingerprint density at radius 1 is 1.11 bits per heavy atom. The normalized spacial score (nSPS) is 13.8. The summed E-state index contributed by atoms with van der Waals surface area (Å²) in [5, 5.41) is 2.85. The summed E-state index contributed by atoms with van der Waals surface area (Å²) in [6.45, 7) is 8.23. The van der Waals surface area contributed by atoms with E-state index in [0.29, 0.717) is 23.0 Å². The van der Waals surface area contributed by atoms with Crippen LogP contribution in [0.15, 0.2) is 48.5 Å². The topological polar surface area (TPSA) is 58.6 Å². The molecule has 1 heterocycles. The van der Waals surface area contributed by atoms with Gasteiger partial charge in [0, 0.05) is 17.8 Å². The molecule has 0 bridgehead atoms. The van der Waals surface area contributed by atoms with Crippen molar-refractivity contribution in [2.24, 2.45) is 0 Å². The molecule has 2 aromatic carbocycles. The van der Waals surface area contributed by atoms with Gasteiger partial charge in [0.2, 0.25) is 5.91 Å². The number of amides is 2. The van der Waals surface area contributed by atoms with E-state index in [1.165, 1.54) is 11.6 Å². The smallest absolute Gasteiger partial charge is 0.265 e. The van der Waals surface area contributed by atoms with Crippen molar-refractivity contribution < 1.29 is 14.3 Å². The molecule has 1 aliphatic rings. The van der Waals surface area contributed by atoms with Crippen LogP contribution >= 0.6 is 0 Å². The molecule has 0 saturated heterocycles. The molecule has 0 aromatic heterocycles. The number of benzene rings is 2. The molecule has 0 saturated carbocycles. The van der Waals surface area contributed by atoms with Gasteiger partial charge in [0.05, 0.1) is 5.69 Å². The van der Waals surface area contributed by atoms with Gasteiger partial charge in [0.15, 0.2) is 6.61 Å². The van der Waals surface area contributed by atoms with Crippen molar-refractivity contribution in [2.75, 3.05) is 16.8 Å². The molecule has 146 valence electrons. The summed E-state index contributed by atoms with van der Waals surface area (Å²) in [6.07, 6.45) is 3.29. The van der Waals surface area contributed by atoms with Crippen molar-refractivity contribution >= 4 is 29.3 Å². The number of ether oxygens (including phenoxy) is 1. The number of carbonyl (C=O) groups is 2. The van der Waals surface area contributed by atoms with E-state index in [1.54, 1.807) is 29.2 Å². The highest BCUT2D eigenvalue weighted by molar-refractivity contribution is 6.03. The van der Waals surface area contributed by atoms with Crippen LogP contribution in [-0.4, -0.2) is 24.5 Å². The molecule has 1 N–H and O–H groups in total. The molecule has 0 aliphatic carbocycles. The first-order chi connectivity index (χ1) is 13.3. The second-order valence-corrected chi connectivity index (χ2v) is 7.47. The quantitative estimate of drug-likeness (QED) is 0.774. The van der Waals surface area contributed by atoms with Crippen LogP contribution in [0.1, 0.15) is 44.7 Å². The third-order valence-electron chi connectivity index (χ3n) is 4.65. The Kier molecular flexibility index (Phi) is 5.83. The summed E-state index contributed by atoms with van der Waals surface area (Å²) in [4.78, 5) is 26.2. The molecule has 0 radical (unpaired) electrons. The molecule has 5 heteroatoms. The minimum Gasteiger partial charge on any atom is -0.482 e. The lowest BCUT2D eigenvalue weighted by atomic mass is 10.0. The average Bonchev–Trinajstić information content (AvgIpc) is 2.66. The molecule has 1 aliphatic heterocycles. The molecule has 0 unspecified atom stereocenters. The van der Waals surface area contributed by atoms with E-state index in [9.17, 15) is 9.59 Å². The molecule has 0 spiro atoms. The Bertz CT molecular complexity index is 899. The fourth-order valence-corrected chi connectivity index (χ4v) is 3.16. The van der Waals surface area contributed by atoms with Gasteiger partial charge >= 0.3 is 0 Å². The van der Waals surface area contributed by atoms with Gasteiger partial charge in [0.25, 0.3) is 5.91 Å². The second-order valence-electron chi connectivity index (χ2n) is 7.47. The Morgan fingerprint density at radius 3 is 2.46 bits per heavy atom. The van der Waals surface area contributed by atoms with Gasteiger partial charge in [-0.3, -0.25) is 9.59 Å². The van der Waals surface area contributed by atoms with E-state index < -0.39 is 0 Å². The zero-order valence-corrected chi connectivity index (χ0v) is 16.7. The fourth-order valence-electron chi connectivity index (χ4n) is 3.16. The third kappa shape index (κ3) is 4.42. The van der Waals surface area contributed by atoms with Crippen molar-refractivity contribution in [1.29, 1.82) is 0 Å². The average molecular weight is 378 g/mol. The maximum absolute atomic E-state index is 12.3. The highest BCUT2D eigenvalue weighted by Crippen LogP contribution is 2.35. The first kappa shape index (κ1) is 19.7. The molecule has 28 heavy (non-hydrogen) atoms. The first-order valence-electron chi connectivity index (χ1n) is 9.53. The first-order valence-corrected chi connectivity index (χ1v) is 9.53. The van der Waals surface area contributed by atoms with Crippen LogP contribution in [0, 0.1) is 0 Å². The van der Waals surface area contributed by atoms with Crippen LogP contribution in [0.25, 0.3) is 6.08 Å². The zero-order valence-electron chi connectivity index (χ0n) is 16.7. The number of hydrogen-bond donors (Lipinski definition) is 1. The maximum Gasteiger partial charge on any atom is 0.265 e. The van der Waals surface area contributed by atoms with Crippen LogP contribution < -0.4 is 15.0 Å². The van der Waals surface area contributed by atoms with Crippen molar-refractivity contribution in [3.63, 3.8) is 0 Å². The molecule has 3 rings (SSSR count). The Morgan fingerprint density at radius 2 is 1.82 bits per heavy atom. The van der Waals surface area contributed by atoms with E-state index >= 15 is 0 Å². The minimum absolute atomic E-state index is 0.00908. The summed E-state index contributed by atoms with van der Waals surface area (Å²) >= 11 is 0. The summed E-state index contributed by atoms with van der Waals surface area (Å²) < 4.78 is 5.49. The fraction of sp³-hybridized carbons (Fsp3) is 0.304. The molecule has 5 nitrogen and oxygen atoms in total. The van der Waals surface area contributed by atoms with Crippen molar-refractivity contribution in [1.82, 2.24) is 0 Å². The van der Waals surface area contributed by atoms with Crippen LogP contribution in [-0.2, 0) is 9.59 Å². The Labute approximate surface area is 166 Å². The van der Waals surface area contributed by atoms with Gasteiger partial charge in [0.1, 0.15) is 5.75 Å².